The molecule has 0 spiro atoms. The summed E-state index contributed by atoms with van der Waals surface area (Å²) in [5.74, 6) is 0.307. The number of hydrogen-bond acceptors (Lipinski definition) is 2. The summed E-state index contributed by atoms with van der Waals surface area (Å²) in [5, 5.41) is 0.571. The first kappa shape index (κ1) is 15.8. The van der Waals surface area contributed by atoms with Gasteiger partial charge in [-0.3, -0.25) is 0 Å². The maximum absolute atomic E-state index is 13.2. The zero-order valence-corrected chi connectivity index (χ0v) is 14.8. The first-order valence-electron chi connectivity index (χ1n) is 7.77. The molecule has 0 aliphatic rings. The van der Waals surface area contributed by atoms with Crippen LogP contribution in [0.2, 0.25) is 0 Å². The predicted octanol–water partition coefficient (Wildman–Crippen LogP) is 3.25. The zero-order chi connectivity index (χ0) is 17.2. The van der Waals surface area contributed by atoms with Gasteiger partial charge in [-0.25, -0.2) is 0 Å². The van der Waals surface area contributed by atoms with Crippen LogP contribution in [0.4, 0.5) is 4.39 Å². The average molecular weight is 395 g/mol. The topological polar surface area (TPSA) is 30.2 Å². The summed E-state index contributed by atoms with van der Waals surface area (Å²) < 4.78 is 20.8. The molecule has 4 rings (SSSR count). The monoisotopic (exact) mass is 396 g/mol. The first-order chi connectivity index (χ1) is 12.2. The van der Waals surface area contributed by atoms with Gasteiger partial charge in [0.05, 0.1) is 0 Å². The molecular formula is C21H13FO2Se. The van der Waals surface area contributed by atoms with Crippen molar-refractivity contribution < 1.29 is 8.81 Å². The van der Waals surface area contributed by atoms with Gasteiger partial charge in [0.2, 0.25) is 0 Å². The Bertz CT molecular complexity index is 1090. The molecule has 4 heteroatoms. The molecule has 0 radical (unpaired) electrons. The minimum absolute atomic E-state index is 0.0231. The Morgan fingerprint density at radius 3 is 2.24 bits per heavy atom. The number of para-hydroxylation sites is 1. The molecule has 0 amide bonds. The molecule has 25 heavy (non-hydrogen) atoms. The van der Waals surface area contributed by atoms with Crippen molar-refractivity contribution in [3.63, 3.8) is 0 Å². The van der Waals surface area contributed by atoms with Gasteiger partial charge in [-0.1, -0.05) is 0 Å². The van der Waals surface area contributed by atoms with E-state index >= 15 is 0 Å². The molecular weight excluding hydrogens is 382 g/mol. The third-order valence-corrected chi connectivity index (χ3v) is 6.10. The first-order valence-corrected chi connectivity index (χ1v) is 9.48. The number of halogens is 1. The van der Waals surface area contributed by atoms with Gasteiger partial charge in [0.25, 0.3) is 0 Å². The molecule has 0 N–H and O–H groups in total. The van der Waals surface area contributed by atoms with Gasteiger partial charge in [0.15, 0.2) is 0 Å². The van der Waals surface area contributed by atoms with E-state index in [2.05, 4.69) is 0 Å². The minimum atomic E-state index is -0.288. The Hall–Kier alpha value is -2.68. The molecule has 122 valence electrons. The maximum atomic E-state index is 13.2. The molecule has 0 fully saturated rings. The van der Waals surface area contributed by atoms with Crippen LogP contribution < -0.4 is 14.4 Å². The number of fused-ring (bicyclic) bond motifs is 1. The van der Waals surface area contributed by atoms with E-state index in [1.165, 1.54) is 12.1 Å². The van der Waals surface area contributed by atoms with Crippen LogP contribution >= 0.6 is 0 Å². The molecule has 3 aromatic carbocycles. The SMILES string of the molecule is O=c1c([Se]c2ccc(F)cc2)c(-c2ccccc2)oc2ccccc12. The molecule has 0 aliphatic carbocycles. The van der Waals surface area contributed by atoms with Gasteiger partial charge >= 0.3 is 150 Å². The van der Waals surface area contributed by atoms with Crippen LogP contribution in [0.1, 0.15) is 0 Å². The summed E-state index contributed by atoms with van der Waals surface area (Å²) in [7, 11) is 0. The summed E-state index contributed by atoms with van der Waals surface area (Å²) in [6.07, 6.45) is 0. The Labute approximate surface area is 150 Å². The summed E-state index contributed by atoms with van der Waals surface area (Å²) in [4.78, 5) is 13.1. The van der Waals surface area contributed by atoms with E-state index < -0.39 is 0 Å². The van der Waals surface area contributed by atoms with Crippen molar-refractivity contribution in [2.45, 2.75) is 0 Å². The molecule has 1 aromatic heterocycles. The Kier molecular flexibility index (Phi) is 4.22. The molecule has 0 bridgehead atoms. The quantitative estimate of drug-likeness (QED) is 0.499. The van der Waals surface area contributed by atoms with E-state index in [9.17, 15) is 9.18 Å². The zero-order valence-electron chi connectivity index (χ0n) is 13.1. The molecule has 0 atom stereocenters. The fourth-order valence-corrected chi connectivity index (χ4v) is 4.64. The van der Waals surface area contributed by atoms with E-state index in [0.717, 1.165) is 10.0 Å². The summed E-state index contributed by atoms with van der Waals surface area (Å²) in [5.41, 5.74) is 1.42. The van der Waals surface area contributed by atoms with Gasteiger partial charge < -0.3 is 0 Å². The van der Waals surface area contributed by atoms with E-state index in [1.807, 2.05) is 42.5 Å². The van der Waals surface area contributed by atoms with Crippen LogP contribution in [0.25, 0.3) is 22.3 Å². The Morgan fingerprint density at radius 1 is 0.800 bits per heavy atom. The van der Waals surface area contributed by atoms with E-state index in [0.29, 0.717) is 21.2 Å². The van der Waals surface area contributed by atoms with Crippen molar-refractivity contribution in [3.8, 4) is 11.3 Å². The fraction of sp³-hybridized carbons (Fsp3) is 0. The average Bonchev–Trinajstić information content (AvgIpc) is 2.66. The fourth-order valence-electron chi connectivity index (χ4n) is 2.62. The van der Waals surface area contributed by atoms with Gasteiger partial charge in [-0.05, 0) is 0 Å². The van der Waals surface area contributed by atoms with Crippen LogP contribution in [-0.4, -0.2) is 15.0 Å². The molecule has 1 heterocycles. The van der Waals surface area contributed by atoms with Crippen molar-refractivity contribution in [3.05, 3.63) is 94.9 Å². The normalized spacial score (nSPS) is 10.9. The van der Waals surface area contributed by atoms with Gasteiger partial charge in [0.1, 0.15) is 0 Å². The third-order valence-electron chi connectivity index (χ3n) is 3.83. The van der Waals surface area contributed by atoms with Crippen LogP contribution in [0, 0.1) is 5.82 Å². The second kappa shape index (κ2) is 6.67. The molecule has 2 nitrogen and oxygen atoms in total. The van der Waals surface area contributed by atoms with E-state index in [-0.39, 0.29) is 26.2 Å². The molecule has 0 aliphatic heterocycles. The molecule has 0 unspecified atom stereocenters. The number of benzene rings is 3. The van der Waals surface area contributed by atoms with Crippen LogP contribution in [-0.2, 0) is 0 Å². The van der Waals surface area contributed by atoms with Gasteiger partial charge in [-0.2, -0.15) is 0 Å². The Balaban J connectivity index is 1.95. The standard InChI is InChI=1S/C21H13FO2Se/c22-15-10-12-16(13-11-15)25-21-19(23)17-8-4-5-9-18(17)24-20(21)14-6-2-1-3-7-14/h1-13H. The number of rotatable bonds is 3. The number of hydrogen-bond donors (Lipinski definition) is 0. The molecule has 0 saturated carbocycles. The van der Waals surface area contributed by atoms with Crippen molar-refractivity contribution in [1.82, 2.24) is 0 Å². The second-order valence-electron chi connectivity index (χ2n) is 5.51. The van der Waals surface area contributed by atoms with Crippen LogP contribution in [0.15, 0.2) is 88.1 Å². The van der Waals surface area contributed by atoms with Crippen LogP contribution in [0.3, 0.4) is 0 Å². The third kappa shape index (κ3) is 3.14. The van der Waals surface area contributed by atoms with E-state index in [4.69, 9.17) is 4.42 Å². The van der Waals surface area contributed by atoms with Gasteiger partial charge in [0, 0.05) is 0 Å². The van der Waals surface area contributed by atoms with E-state index in [1.54, 1.807) is 24.3 Å². The van der Waals surface area contributed by atoms with Crippen LogP contribution in [0.5, 0.6) is 0 Å². The van der Waals surface area contributed by atoms with Crippen molar-refractivity contribution in [2.24, 2.45) is 0 Å². The Morgan fingerprint density at radius 2 is 1.48 bits per heavy atom. The second-order valence-corrected chi connectivity index (χ2v) is 7.78. The summed E-state index contributed by atoms with van der Waals surface area (Å²) >= 11 is -0.288. The summed E-state index contributed by atoms with van der Waals surface area (Å²) in [6, 6.07) is 23.2. The summed E-state index contributed by atoms with van der Waals surface area (Å²) in [6.45, 7) is 0. The molecule has 0 saturated heterocycles. The molecule has 4 aromatic rings. The predicted molar refractivity (Wildman–Crippen MR) is 99.3 cm³/mol. The van der Waals surface area contributed by atoms with Crippen molar-refractivity contribution in [2.75, 3.05) is 0 Å². The van der Waals surface area contributed by atoms with Gasteiger partial charge in [-0.15, -0.1) is 0 Å². The van der Waals surface area contributed by atoms with Crippen molar-refractivity contribution in [1.29, 1.82) is 0 Å². The van der Waals surface area contributed by atoms with Crippen molar-refractivity contribution >= 4 is 34.8 Å².